The van der Waals surface area contributed by atoms with Gasteiger partial charge < -0.3 is 10.0 Å². The number of rotatable bonds is 4. The molecule has 0 amide bonds. The minimum Gasteiger partial charge on any atom is -0.481 e. The third kappa shape index (κ3) is 3.09. The Morgan fingerprint density at radius 3 is 2.57 bits per heavy atom. The Morgan fingerprint density at radius 1 is 1.17 bits per heavy atom. The van der Waals surface area contributed by atoms with Crippen LogP contribution in [-0.4, -0.2) is 24.2 Å². The molecule has 0 bridgehead atoms. The van der Waals surface area contributed by atoms with Crippen LogP contribution in [0.3, 0.4) is 0 Å². The van der Waals surface area contributed by atoms with Crippen LogP contribution >= 0.6 is 0 Å². The van der Waals surface area contributed by atoms with E-state index in [1.807, 2.05) is 0 Å². The van der Waals surface area contributed by atoms with Crippen molar-refractivity contribution in [1.82, 2.24) is 0 Å². The second kappa shape index (κ2) is 6.07. The number of hydrogen-bond donors (Lipinski definition) is 1. The molecule has 1 aliphatic rings. The highest BCUT2D eigenvalue weighted by Crippen LogP contribution is 2.32. The number of anilines is 1. The van der Waals surface area contributed by atoms with E-state index in [0.717, 1.165) is 5.69 Å². The highest BCUT2D eigenvalue weighted by atomic mass is 16.4. The second-order valence-corrected chi connectivity index (χ2v) is 6.72. The SMILES string of the molecule is Cc1ccc(N2CC(C(=O)O)C2)cc1-c1cccc(C(C)C)c1. The van der Waals surface area contributed by atoms with E-state index in [0.29, 0.717) is 19.0 Å². The van der Waals surface area contributed by atoms with Crippen molar-refractivity contribution >= 4 is 11.7 Å². The van der Waals surface area contributed by atoms with Gasteiger partial charge in [-0.2, -0.15) is 0 Å². The lowest BCUT2D eigenvalue weighted by Gasteiger charge is -2.39. The number of carboxylic acids is 1. The van der Waals surface area contributed by atoms with E-state index in [1.54, 1.807) is 0 Å². The van der Waals surface area contributed by atoms with Gasteiger partial charge in [0.15, 0.2) is 0 Å². The molecule has 0 atom stereocenters. The molecular weight excluding hydrogens is 286 g/mol. The summed E-state index contributed by atoms with van der Waals surface area (Å²) < 4.78 is 0. The van der Waals surface area contributed by atoms with Crippen LogP contribution in [0.5, 0.6) is 0 Å². The van der Waals surface area contributed by atoms with E-state index in [2.05, 4.69) is 68.1 Å². The molecule has 1 heterocycles. The minimum atomic E-state index is -0.696. The van der Waals surface area contributed by atoms with E-state index >= 15 is 0 Å². The molecule has 120 valence electrons. The topological polar surface area (TPSA) is 40.5 Å². The summed E-state index contributed by atoms with van der Waals surface area (Å²) in [6.07, 6.45) is 0. The predicted octanol–water partition coefficient (Wildman–Crippen LogP) is 4.31. The molecule has 0 radical (unpaired) electrons. The lowest BCUT2D eigenvalue weighted by molar-refractivity contribution is -0.142. The van der Waals surface area contributed by atoms with Crippen molar-refractivity contribution in [2.75, 3.05) is 18.0 Å². The maximum Gasteiger partial charge on any atom is 0.310 e. The first-order valence-electron chi connectivity index (χ1n) is 8.14. The molecule has 3 rings (SSSR count). The molecular formula is C20H23NO2. The van der Waals surface area contributed by atoms with E-state index in [1.165, 1.54) is 22.3 Å². The molecule has 3 nitrogen and oxygen atoms in total. The Kier molecular flexibility index (Phi) is 4.12. The van der Waals surface area contributed by atoms with Gasteiger partial charge in [0.2, 0.25) is 0 Å². The first kappa shape index (κ1) is 15.6. The van der Waals surface area contributed by atoms with Gasteiger partial charge in [-0.1, -0.05) is 44.2 Å². The van der Waals surface area contributed by atoms with Crippen molar-refractivity contribution in [2.24, 2.45) is 5.92 Å². The summed E-state index contributed by atoms with van der Waals surface area (Å²) in [5.74, 6) is -0.424. The highest BCUT2D eigenvalue weighted by molar-refractivity contribution is 5.77. The summed E-state index contributed by atoms with van der Waals surface area (Å²) in [7, 11) is 0. The summed E-state index contributed by atoms with van der Waals surface area (Å²) in [6.45, 7) is 7.73. The van der Waals surface area contributed by atoms with Crippen molar-refractivity contribution in [2.45, 2.75) is 26.7 Å². The predicted molar refractivity (Wildman–Crippen MR) is 94.0 cm³/mol. The van der Waals surface area contributed by atoms with Crippen molar-refractivity contribution in [3.63, 3.8) is 0 Å². The van der Waals surface area contributed by atoms with Crippen LogP contribution in [0.2, 0.25) is 0 Å². The zero-order valence-corrected chi connectivity index (χ0v) is 13.9. The monoisotopic (exact) mass is 309 g/mol. The lowest BCUT2D eigenvalue weighted by Crippen LogP contribution is -2.50. The normalized spacial score (nSPS) is 14.9. The average molecular weight is 309 g/mol. The maximum atomic E-state index is 11.0. The van der Waals surface area contributed by atoms with Gasteiger partial charge in [-0.15, -0.1) is 0 Å². The molecule has 1 fully saturated rings. The molecule has 1 aliphatic heterocycles. The van der Waals surface area contributed by atoms with Gasteiger partial charge in [0.25, 0.3) is 0 Å². The number of aryl methyl sites for hydroxylation is 1. The third-order valence-corrected chi connectivity index (χ3v) is 4.68. The smallest absolute Gasteiger partial charge is 0.310 e. The lowest BCUT2D eigenvalue weighted by atomic mass is 9.93. The van der Waals surface area contributed by atoms with Gasteiger partial charge in [0.1, 0.15) is 0 Å². The Hall–Kier alpha value is -2.29. The summed E-state index contributed by atoms with van der Waals surface area (Å²) in [6, 6.07) is 15.1. The van der Waals surface area contributed by atoms with Crippen LogP contribution < -0.4 is 4.90 Å². The molecule has 3 heteroatoms. The van der Waals surface area contributed by atoms with Crippen LogP contribution in [-0.2, 0) is 4.79 Å². The molecule has 1 N–H and O–H groups in total. The minimum absolute atomic E-state index is 0.232. The summed E-state index contributed by atoms with van der Waals surface area (Å²) in [5, 5.41) is 9.03. The maximum absolute atomic E-state index is 11.0. The number of benzene rings is 2. The molecule has 2 aromatic carbocycles. The first-order valence-corrected chi connectivity index (χ1v) is 8.14. The third-order valence-electron chi connectivity index (χ3n) is 4.68. The van der Waals surface area contributed by atoms with Gasteiger partial charge in [0.05, 0.1) is 5.92 Å². The van der Waals surface area contributed by atoms with Crippen LogP contribution in [0.15, 0.2) is 42.5 Å². The summed E-state index contributed by atoms with van der Waals surface area (Å²) in [4.78, 5) is 13.1. The van der Waals surface area contributed by atoms with Crippen molar-refractivity contribution in [3.8, 4) is 11.1 Å². The number of hydrogen-bond acceptors (Lipinski definition) is 2. The number of carbonyl (C=O) groups is 1. The fourth-order valence-corrected chi connectivity index (χ4v) is 3.03. The van der Waals surface area contributed by atoms with Crippen LogP contribution in [0.25, 0.3) is 11.1 Å². The van der Waals surface area contributed by atoms with Crippen molar-refractivity contribution in [3.05, 3.63) is 53.6 Å². The average Bonchev–Trinajstić information content (AvgIpc) is 2.47. The van der Waals surface area contributed by atoms with Gasteiger partial charge in [-0.05, 0) is 47.2 Å². The van der Waals surface area contributed by atoms with E-state index in [4.69, 9.17) is 5.11 Å². The Bertz CT molecular complexity index is 730. The summed E-state index contributed by atoms with van der Waals surface area (Å²) >= 11 is 0. The molecule has 0 saturated carbocycles. The Balaban J connectivity index is 1.90. The van der Waals surface area contributed by atoms with Crippen LogP contribution in [0, 0.1) is 12.8 Å². The molecule has 0 aliphatic carbocycles. The van der Waals surface area contributed by atoms with Crippen molar-refractivity contribution in [1.29, 1.82) is 0 Å². The fraction of sp³-hybridized carbons (Fsp3) is 0.350. The molecule has 23 heavy (non-hydrogen) atoms. The molecule has 0 aromatic heterocycles. The molecule has 2 aromatic rings. The highest BCUT2D eigenvalue weighted by Gasteiger charge is 2.32. The number of nitrogens with zero attached hydrogens (tertiary/aromatic N) is 1. The van der Waals surface area contributed by atoms with Gasteiger partial charge in [0, 0.05) is 18.8 Å². The largest absolute Gasteiger partial charge is 0.481 e. The zero-order valence-electron chi connectivity index (χ0n) is 13.9. The summed E-state index contributed by atoms with van der Waals surface area (Å²) in [5.41, 5.74) is 6.14. The standard InChI is InChI=1S/C20H23NO2/c1-13(2)15-5-4-6-16(9-15)19-10-18(8-7-14(19)3)21-11-17(12-21)20(22)23/h4-10,13,17H,11-12H2,1-3H3,(H,22,23). The van der Waals surface area contributed by atoms with E-state index in [-0.39, 0.29) is 5.92 Å². The Morgan fingerprint density at radius 2 is 1.91 bits per heavy atom. The van der Waals surface area contributed by atoms with Gasteiger partial charge in [-0.25, -0.2) is 0 Å². The van der Waals surface area contributed by atoms with E-state index < -0.39 is 5.97 Å². The second-order valence-electron chi connectivity index (χ2n) is 6.72. The first-order chi connectivity index (χ1) is 11.0. The van der Waals surface area contributed by atoms with Gasteiger partial charge in [-0.3, -0.25) is 4.79 Å². The quantitative estimate of drug-likeness (QED) is 0.915. The zero-order chi connectivity index (χ0) is 16.6. The molecule has 0 unspecified atom stereocenters. The van der Waals surface area contributed by atoms with Gasteiger partial charge >= 0.3 is 5.97 Å². The van der Waals surface area contributed by atoms with Crippen molar-refractivity contribution < 1.29 is 9.90 Å². The number of carboxylic acid groups (broad SMARTS) is 1. The van der Waals surface area contributed by atoms with Crippen LogP contribution in [0.1, 0.15) is 30.9 Å². The molecule has 0 spiro atoms. The fourth-order valence-electron chi connectivity index (χ4n) is 3.03. The Labute approximate surface area is 137 Å². The van der Waals surface area contributed by atoms with E-state index in [9.17, 15) is 4.79 Å². The number of aliphatic carboxylic acids is 1. The van der Waals surface area contributed by atoms with Crippen LogP contribution in [0.4, 0.5) is 5.69 Å². The molecule has 1 saturated heterocycles.